The van der Waals surface area contributed by atoms with Gasteiger partial charge in [0.25, 0.3) is 0 Å². The molecule has 1 heterocycles. The Balaban J connectivity index is 2.11. The van der Waals surface area contributed by atoms with E-state index in [1.165, 1.54) is 24.8 Å². The van der Waals surface area contributed by atoms with E-state index in [0.717, 1.165) is 29.9 Å². The molecule has 0 saturated carbocycles. The number of piperidine rings is 1. The topological polar surface area (TPSA) is 38.5 Å². The first kappa shape index (κ1) is 13.8. The Labute approximate surface area is 117 Å². The largest absolute Gasteiger partial charge is 0.497 e. The maximum atomic E-state index is 5.86. The van der Waals surface area contributed by atoms with Crippen LogP contribution >= 0.6 is 15.9 Å². The van der Waals surface area contributed by atoms with E-state index in [-0.39, 0.29) is 0 Å². The Hall–Kier alpha value is -0.580. The lowest BCUT2D eigenvalue weighted by molar-refractivity contribution is 0.144. The minimum absolute atomic E-state index is 0.525. The summed E-state index contributed by atoms with van der Waals surface area (Å²) in [4.78, 5) is 2.49. The fourth-order valence-corrected chi connectivity index (χ4v) is 2.93. The molecule has 1 atom stereocenters. The van der Waals surface area contributed by atoms with Crippen molar-refractivity contribution >= 4 is 15.9 Å². The molecule has 1 fully saturated rings. The third-order valence-electron chi connectivity index (χ3n) is 3.65. The number of rotatable bonds is 4. The zero-order valence-electron chi connectivity index (χ0n) is 10.9. The fraction of sp³-hybridized carbons (Fsp3) is 0.571. The van der Waals surface area contributed by atoms with Crippen LogP contribution in [0.3, 0.4) is 0 Å². The van der Waals surface area contributed by atoms with Crippen molar-refractivity contribution < 1.29 is 4.74 Å². The maximum Gasteiger partial charge on any atom is 0.119 e. The molecule has 18 heavy (non-hydrogen) atoms. The lowest BCUT2D eigenvalue weighted by atomic mass is 10.0. The van der Waals surface area contributed by atoms with Crippen LogP contribution < -0.4 is 10.5 Å². The Morgan fingerprint density at radius 3 is 3.00 bits per heavy atom. The third kappa shape index (κ3) is 3.25. The summed E-state index contributed by atoms with van der Waals surface area (Å²) in [7, 11) is 1.70. The Bertz CT molecular complexity index is 397. The number of ether oxygens (including phenoxy) is 1. The van der Waals surface area contributed by atoms with Crippen LogP contribution in [-0.4, -0.2) is 31.1 Å². The molecule has 0 amide bonds. The molecule has 0 bridgehead atoms. The molecule has 0 radical (unpaired) electrons. The van der Waals surface area contributed by atoms with Gasteiger partial charge < -0.3 is 10.5 Å². The summed E-state index contributed by atoms with van der Waals surface area (Å²) in [6, 6.07) is 6.66. The maximum absolute atomic E-state index is 5.86. The van der Waals surface area contributed by atoms with E-state index < -0.39 is 0 Å². The normalized spacial score (nSPS) is 20.9. The molecular weight excluding hydrogens is 292 g/mol. The Morgan fingerprint density at radius 1 is 1.44 bits per heavy atom. The molecule has 1 saturated heterocycles. The van der Waals surface area contributed by atoms with Crippen molar-refractivity contribution in [2.45, 2.75) is 31.8 Å². The predicted molar refractivity (Wildman–Crippen MR) is 77.8 cm³/mol. The number of hydrogen-bond acceptors (Lipinski definition) is 3. The van der Waals surface area contributed by atoms with Crippen molar-refractivity contribution in [2.24, 2.45) is 5.73 Å². The molecule has 1 unspecified atom stereocenters. The fourth-order valence-electron chi connectivity index (χ4n) is 2.55. The van der Waals surface area contributed by atoms with Crippen LogP contribution in [0, 0.1) is 0 Å². The predicted octanol–water partition coefficient (Wildman–Crippen LogP) is 2.77. The highest BCUT2D eigenvalue weighted by atomic mass is 79.9. The Kier molecular flexibility index (Phi) is 5.03. The van der Waals surface area contributed by atoms with Gasteiger partial charge >= 0.3 is 0 Å². The number of hydrogen-bond donors (Lipinski definition) is 1. The number of methoxy groups -OCH3 is 1. The second-order valence-corrected chi connectivity index (χ2v) is 5.67. The molecular formula is C14H21BrN2O. The quantitative estimate of drug-likeness (QED) is 0.929. The van der Waals surface area contributed by atoms with E-state index in [2.05, 4.69) is 33.0 Å². The van der Waals surface area contributed by atoms with E-state index >= 15 is 0 Å². The van der Waals surface area contributed by atoms with E-state index in [1.807, 2.05) is 6.07 Å². The van der Waals surface area contributed by atoms with Crippen molar-refractivity contribution in [3.63, 3.8) is 0 Å². The summed E-state index contributed by atoms with van der Waals surface area (Å²) in [5.74, 6) is 0.912. The summed E-state index contributed by atoms with van der Waals surface area (Å²) in [6.07, 6.45) is 3.80. The monoisotopic (exact) mass is 312 g/mol. The summed E-state index contributed by atoms with van der Waals surface area (Å²) in [6.45, 7) is 2.84. The van der Waals surface area contributed by atoms with Crippen molar-refractivity contribution in [3.05, 3.63) is 28.2 Å². The first-order chi connectivity index (χ1) is 8.74. The molecule has 1 aliphatic heterocycles. The first-order valence-electron chi connectivity index (χ1n) is 6.51. The number of nitrogens with zero attached hydrogens (tertiary/aromatic N) is 1. The van der Waals surface area contributed by atoms with Crippen molar-refractivity contribution in [1.29, 1.82) is 0 Å². The van der Waals surface area contributed by atoms with Crippen LogP contribution in [0.2, 0.25) is 0 Å². The van der Waals surface area contributed by atoms with Crippen LogP contribution in [0.1, 0.15) is 24.8 Å². The second kappa shape index (κ2) is 6.55. The zero-order chi connectivity index (χ0) is 13.0. The highest BCUT2D eigenvalue weighted by Gasteiger charge is 2.21. The molecule has 4 heteroatoms. The minimum atomic E-state index is 0.525. The smallest absolute Gasteiger partial charge is 0.119 e. The molecule has 2 N–H and O–H groups in total. The van der Waals surface area contributed by atoms with Gasteiger partial charge in [0.15, 0.2) is 0 Å². The van der Waals surface area contributed by atoms with Gasteiger partial charge in [-0.25, -0.2) is 0 Å². The van der Waals surface area contributed by atoms with Gasteiger partial charge in [-0.2, -0.15) is 0 Å². The van der Waals surface area contributed by atoms with Gasteiger partial charge in [-0.15, -0.1) is 0 Å². The van der Waals surface area contributed by atoms with Gasteiger partial charge in [-0.3, -0.25) is 4.90 Å². The van der Waals surface area contributed by atoms with E-state index in [4.69, 9.17) is 10.5 Å². The van der Waals surface area contributed by atoms with Crippen molar-refractivity contribution in [1.82, 2.24) is 4.90 Å². The highest BCUT2D eigenvalue weighted by molar-refractivity contribution is 9.10. The highest BCUT2D eigenvalue weighted by Crippen LogP contribution is 2.26. The average Bonchev–Trinajstić information content (AvgIpc) is 2.42. The zero-order valence-corrected chi connectivity index (χ0v) is 12.4. The van der Waals surface area contributed by atoms with Gasteiger partial charge in [-0.1, -0.05) is 22.4 Å². The lowest BCUT2D eigenvalue weighted by Gasteiger charge is -2.35. The number of benzene rings is 1. The van der Waals surface area contributed by atoms with Gasteiger partial charge in [0.1, 0.15) is 5.75 Å². The number of halogens is 1. The number of nitrogens with two attached hydrogens (primary N) is 1. The minimum Gasteiger partial charge on any atom is -0.497 e. The summed E-state index contributed by atoms with van der Waals surface area (Å²) >= 11 is 3.61. The van der Waals surface area contributed by atoms with Gasteiger partial charge in [-0.05, 0) is 43.1 Å². The van der Waals surface area contributed by atoms with Crippen LogP contribution in [0.15, 0.2) is 22.7 Å². The molecule has 100 valence electrons. The molecule has 0 spiro atoms. The molecule has 1 aromatic rings. The molecule has 0 aliphatic carbocycles. The SMILES string of the molecule is COc1ccc(Br)c(CN2CCCCC2CN)c1. The van der Waals surface area contributed by atoms with Crippen molar-refractivity contribution in [3.8, 4) is 5.75 Å². The van der Waals surface area contributed by atoms with E-state index in [9.17, 15) is 0 Å². The van der Waals surface area contributed by atoms with E-state index in [1.54, 1.807) is 7.11 Å². The molecule has 2 rings (SSSR count). The lowest BCUT2D eigenvalue weighted by Crippen LogP contribution is -2.43. The molecule has 1 aromatic carbocycles. The number of likely N-dealkylation sites (tertiary alicyclic amines) is 1. The molecule has 1 aliphatic rings. The summed E-state index contributed by atoms with van der Waals surface area (Å²) in [5, 5.41) is 0. The molecule has 3 nitrogen and oxygen atoms in total. The summed E-state index contributed by atoms with van der Waals surface area (Å²) in [5.41, 5.74) is 7.14. The Morgan fingerprint density at radius 2 is 2.28 bits per heavy atom. The standard InChI is InChI=1S/C14H21BrN2O/c1-18-13-5-6-14(15)11(8-13)10-17-7-3-2-4-12(17)9-16/h5-6,8,12H,2-4,7,9-10,16H2,1H3. The summed E-state index contributed by atoms with van der Waals surface area (Å²) < 4.78 is 6.43. The van der Waals surface area contributed by atoms with Crippen molar-refractivity contribution in [2.75, 3.05) is 20.2 Å². The molecule has 0 aromatic heterocycles. The van der Waals surface area contributed by atoms with Gasteiger partial charge in [0.05, 0.1) is 7.11 Å². The first-order valence-corrected chi connectivity index (χ1v) is 7.30. The van der Waals surface area contributed by atoms with Crippen LogP contribution in [-0.2, 0) is 6.54 Å². The third-order valence-corrected chi connectivity index (χ3v) is 4.42. The van der Waals surface area contributed by atoms with Crippen LogP contribution in [0.25, 0.3) is 0 Å². The second-order valence-electron chi connectivity index (χ2n) is 4.81. The van der Waals surface area contributed by atoms with Gasteiger partial charge in [0, 0.05) is 23.6 Å². The van der Waals surface area contributed by atoms with Crippen LogP contribution in [0.4, 0.5) is 0 Å². The van der Waals surface area contributed by atoms with E-state index in [0.29, 0.717) is 6.04 Å². The average molecular weight is 313 g/mol. The van der Waals surface area contributed by atoms with Gasteiger partial charge in [0.2, 0.25) is 0 Å². The van der Waals surface area contributed by atoms with Crippen LogP contribution in [0.5, 0.6) is 5.75 Å².